The molecule has 0 amide bonds. The lowest BCUT2D eigenvalue weighted by atomic mass is 10.1. The third kappa shape index (κ3) is 4.48. The van der Waals surface area contributed by atoms with E-state index < -0.39 is 5.97 Å². The summed E-state index contributed by atoms with van der Waals surface area (Å²) >= 11 is 0. The average Bonchev–Trinajstić information content (AvgIpc) is 2.01. The van der Waals surface area contributed by atoms with Crippen LogP contribution in [0.3, 0.4) is 0 Å². The fourth-order valence-corrected chi connectivity index (χ4v) is 1.01. The van der Waals surface area contributed by atoms with Crippen LogP contribution < -0.4 is 0 Å². The van der Waals surface area contributed by atoms with E-state index >= 15 is 0 Å². The summed E-state index contributed by atoms with van der Waals surface area (Å²) in [6.45, 7) is 1.94. The van der Waals surface area contributed by atoms with Gasteiger partial charge in [0.1, 0.15) is 0 Å². The molecule has 1 N–H and O–H groups in total. The molecule has 0 radical (unpaired) electrons. The fraction of sp³-hybridized carbons (Fsp3) is 0.333. The molecule has 0 aliphatic heterocycles. The zero-order chi connectivity index (χ0) is 8.97. The molecule has 0 bridgehead atoms. The van der Waals surface area contributed by atoms with Crippen LogP contribution in [-0.4, -0.2) is 16.1 Å². The first kappa shape index (κ1) is 11.9. The Balaban J connectivity index is 0.00000144. The Kier molecular flexibility index (Phi) is 5.07. The Hall–Kier alpha value is -1.09. The zero-order valence-electron chi connectivity index (χ0n) is 7.36. The number of aryl methyl sites for hydroxylation is 2. The maximum absolute atomic E-state index is 10.2. The SMILES string of the molecule is Cc1cncc(CCC(=O)O)c1.Cl. The van der Waals surface area contributed by atoms with Crippen LogP contribution in [0.2, 0.25) is 0 Å². The van der Waals surface area contributed by atoms with Crippen molar-refractivity contribution in [3.8, 4) is 0 Å². The van der Waals surface area contributed by atoms with Crippen molar-refractivity contribution in [2.75, 3.05) is 0 Å². The van der Waals surface area contributed by atoms with Gasteiger partial charge in [0.05, 0.1) is 0 Å². The van der Waals surface area contributed by atoms with Crippen LogP contribution in [0.5, 0.6) is 0 Å². The number of carboxylic acid groups (broad SMARTS) is 1. The number of pyridine rings is 1. The van der Waals surface area contributed by atoms with Crippen LogP contribution >= 0.6 is 12.4 Å². The Labute approximate surface area is 83.2 Å². The van der Waals surface area contributed by atoms with E-state index in [2.05, 4.69) is 4.98 Å². The molecular formula is C9H12ClNO2. The van der Waals surface area contributed by atoms with Crippen molar-refractivity contribution in [2.24, 2.45) is 0 Å². The normalized spacial score (nSPS) is 9.00. The van der Waals surface area contributed by atoms with Gasteiger partial charge < -0.3 is 5.11 Å². The molecule has 1 aromatic heterocycles. The number of aliphatic carboxylic acids is 1. The first-order valence-corrected chi connectivity index (χ1v) is 3.81. The van der Waals surface area contributed by atoms with Gasteiger partial charge in [0.2, 0.25) is 0 Å². The van der Waals surface area contributed by atoms with E-state index in [1.165, 1.54) is 0 Å². The lowest BCUT2D eigenvalue weighted by Gasteiger charge is -1.98. The quantitative estimate of drug-likeness (QED) is 0.812. The zero-order valence-corrected chi connectivity index (χ0v) is 8.17. The van der Waals surface area contributed by atoms with Crippen molar-refractivity contribution in [3.63, 3.8) is 0 Å². The average molecular weight is 202 g/mol. The van der Waals surface area contributed by atoms with Crippen LogP contribution in [0.1, 0.15) is 17.5 Å². The van der Waals surface area contributed by atoms with Crippen molar-refractivity contribution < 1.29 is 9.90 Å². The van der Waals surface area contributed by atoms with Crippen LogP contribution in [0.15, 0.2) is 18.5 Å². The van der Waals surface area contributed by atoms with Crippen molar-refractivity contribution >= 4 is 18.4 Å². The second kappa shape index (κ2) is 5.54. The molecule has 4 heteroatoms. The maximum Gasteiger partial charge on any atom is 0.303 e. The molecule has 0 atom stereocenters. The summed E-state index contributed by atoms with van der Waals surface area (Å²) in [5.41, 5.74) is 2.05. The molecule has 0 saturated carbocycles. The second-order valence-electron chi connectivity index (χ2n) is 2.76. The van der Waals surface area contributed by atoms with Gasteiger partial charge in [0.15, 0.2) is 0 Å². The minimum Gasteiger partial charge on any atom is -0.481 e. The van der Waals surface area contributed by atoms with Crippen LogP contribution in [0.25, 0.3) is 0 Å². The molecule has 0 unspecified atom stereocenters. The van der Waals surface area contributed by atoms with E-state index in [1.54, 1.807) is 12.4 Å². The number of hydrogen-bond acceptors (Lipinski definition) is 2. The molecule has 0 aliphatic carbocycles. The highest BCUT2D eigenvalue weighted by Crippen LogP contribution is 2.03. The van der Waals surface area contributed by atoms with E-state index in [4.69, 9.17) is 5.11 Å². The number of halogens is 1. The second-order valence-corrected chi connectivity index (χ2v) is 2.76. The smallest absolute Gasteiger partial charge is 0.303 e. The van der Waals surface area contributed by atoms with Crippen LogP contribution in [0, 0.1) is 6.92 Å². The highest BCUT2D eigenvalue weighted by molar-refractivity contribution is 5.85. The van der Waals surface area contributed by atoms with Gasteiger partial charge in [0, 0.05) is 18.8 Å². The summed E-state index contributed by atoms with van der Waals surface area (Å²) in [6.07, 6.45) is 4.19. The van der Waals surface area contributed by atoms with E-state index in [0.717, 1.165) is 11.1 Å². The molecule has 13 heavy (non-hydrogen) atoms. The van der Waals surface area contributed by atoms with Gasteiger partial charge >= 0.3 is 5.97 Å². The third-order valence-electron chi connectivity index (χ3n) is 1.56. The van der Waals surface area contributed by atoms with Crippen molar-refractivity contribution in [1.29, 1.82) is 0 Å². The molecule has 0 saturated heterocycles. The van der Waals surface area contributed by atoms with E-state index in [0.29, 0.717) is 6.42 Å². The van der Waals surface area contributed by atoms with Crippen LogP contribution in [0.4, 0.5) is 0 Å². The predicted octanol–water partition coefficient (Wildman–Crippen LogP) is 1.83. The molecule has 3 nitrogen and oxygen atoms in total. The standard InChI is InChI=1S/C9H11NO2.ClH/c1-7-4-8(6-10-5-7)2-3-9(11)12;/h4-6H,2-3H2,1H3,(H,11,12);1H. The molecular weight excluding hydrogens is 190 g/mol. The van der Waals surface area contributed by atoms with Gasteiger partial charge in [-0.2, -0.15) is 0 Å². The molecule has 1 heterocycles. The monoisotopic (exact) mass is 201 g/mol. The Bertz CT molecular complexity index is 289. The molecule has 0 fully saturated rings. The Morgan fingerprint density at radius 3 is 2.77 bits per heavy atom. The maximum atomic E-state index is 10.2. The van der Waals surface area contributed by atoms with Gasteiger partial charge in [-0.15, -0.1) is 12.4 Å². The van der Waals surface area contributed by atoms with Gasteiger partial charge in [-0.1, -0.05) is 6.07 Å². The lowest BCUT2D eigenvalue weighted by Crippen LogP contribution is -1.97. The Morgan fingerprint density at radius 2 is 2.23 bits per heavy atom. The number of rotatable bonds is 3. The number of carboxylic acids is 1. The topological polar surface area (TPSA) is 50.2 Å². The third-order valence-corrected chi connectivity index (χ3v) is 1.56. The largest absolute Gasteiger partial charge is 0.481 e. The molecule has 0 aliphatic rings. The van der Waals surface area contributed by atoms with E-state index in [-0.39, 0.29) is 18.8 Å². The van der Waals surface area contributed by atoms with Crippen molar-refractivity contribution in [2.45, 2.75) is 19.8 Å². The first-order valence-electron chi connectivity index (χ1n) is 3.81. The number of aromatic nitrogens is 1. The van der Waals surface area contributed by atoms with Crippen LogP contribution in [-0.2, 0) is 11.2 Å². The molecule has 1 aromatic rings. The van der Waals surface area contributed by atoms with Gasteiger partial charge in [-0.05, 0) is 24.5 Å². The summed E-state index contributed by atoms with van der Waals surface area (Å²) in [6, 6.07) is 1.95. The molecule has 0 spiro atoms. The predicted molar refractivity (Wildman–Crippen MR) is 52.2 cm³/mol. The first-order chi connectivity index (χ1) is 5.68. The van der Waals surface area contributed by atoms with E-state index in [9.17, 15) is 4.79 Å². The number of carbonyl (C=O) groups is 1. The number of hydrogen-bond donors (Lipinski definition) is 1. The van der Waals surface area contributed by atoms with Gasteiger partial charge in [-0.3, -0.25) is 9.78 Å². The number of nitrogens with zero attached hydrogens (tertiary/aromatic N) is 1. The fourth-order valence-electron chi connectivity index (χ4n) is 1.01. The van der Waals surface area contributed by atoms with Crippen molar-refractivity contribution in [1.82, 2.24) is 4.98 Å². The molecule has 0 aromatic carbocycles. The summed E-state index contributed by atoms with van der Waals surface area (Å²) < 4.78 is 0. The minimum atomic E-state index is -0.767. The summed E-state index contributed by atoms with van der Waals surface area (Å²) in [5.74, 6) is -0.767. The summed E-state index contributed by atoms with van der Waals surface area (Å²) in [4.78, 5) is 14.2. The Morgan fingerprint density at radius 1 is 1.54 bits per heavy atom. The van der Waals surface area contributed by atoms with E-state index in [1.807, 2.05) is 13.0 Å². The van der Waals surface area contributed by atoms with Gasteiger partial charge in [-0.25, -0.2) is 0 Å². The summed E-state index contributed by atoms with van der Waals surface area (Å²) in [5, 5.41) is 8.42. The molecule has 1 rings (SSSR count). The minimum absolute atomic E-state index is 0. The summed E-state index contributed by atoms with van der Waals surface area (Å²) in [7, 11) is 0. The van der Waals surface area contributed by atoms with Crippen molar-refractivity contribution in [3.05, 3.63) is 29.6 Å². The highest BCUT2D eigenvalue weighted by Gasteiger charge is 1.98. The molecule has 72 valence electrons. The highest BCUT2D eigenvalue weighted by atomic mass is 35.5. The van der Waals surface area contributed by atoms with Gasteiger partial charge in [0.25, 0.3) is 0 Å². The lowest BCUT2D eigenvalue weighted by molar-refractivity contribution is -0.136.